The van der Waals surface area contributed by atoms with Gasteiger partial charge in [0.1, 0.15) is 0 Å². The lowest BCUT2D eigenvalue weighted by atomic mass is 10.1. The maximum Gasteiger partial charge on any atom is -0.0233 e. The van der Waals surface area contributed by atoms with Crippen molar-refractivity contribution >= 4 is 6.08 Å². The first-order chi connectivity index (χ1) is 4.34. The van der Waals surface area contributed by atoms with E-state index in [4.69, 9.17) is 0 Å². The van der Waals surface area contributed by atoms with Crippen LogP contribution in [0.2, 0.25) is 0 Å². The molecule has 1 aromatic carbocycles. The first-order valence-electron chi connectivity index (χ1n) is 3.02. The molecule has 0 aromatic heterocycles. The Morgan fingerprint density at radius 2 is 1.90 bits per heavy atom. The van der Waals surface area contributed by atoms with Gasteiger partial charge in [-0.1, -0.05) is 44.3 Å². The van der Waals surface area contributed by atoms with Gasteiger partial charge in [-0.3, -0.25) is 0 Å². The number of benzene rings is 1. The van der Waals surface area contributed by atoms with Gasteiger partial charge in [0.2, 0.25) is 0 Å². The highest BCUT2D eigenvalue weighted by Crippen LogP contribution is 2.06. The molecule has 0 atom stereocenters. The fraction of sp³-hybridized carbons (Fsp3) is 0.200. The van der Waals surface area contributed by atoms with Gasteiger partial charge in [0.15, 0.2) is 0 Å². The molecule has 0 heterocycles. The summed E-state index contributed by atoms with van der Waals surface area (Å²) in [6.45, 7) is 5.77. The van der Waals surface area contributed by atoms with E-state index in [0.717, 1.165) is 0 Å². The van der Waals surface area contributed by atoms with Gasteiger partial charge in [-0.2, -0.15) is 0 Å². The predicted molar refractivity (Wildman–Crippen MR) is 48.0 cm³/mol. The van der Waals surface area contributed by atoms with Crippen LogP contribution in [-0.2, 0) is 0 Å². The molecular formula is C10H14. The van der Waals surface area contributed by atoms with Crippen molar-refractivity contribution in [2.24, 2.45) is 0 Å². The van der Waals surface area contributed by atoms with Gasteiger partial charge in [-0.05, 0) is 18.1 Å². The minimum Gasteiger partial charge on any atom is -0.0985 e. The molecule has 54 valence electrons. The second kappa shape index (κ2) is 3.89. The molecule has 0 aliphatic carbocycles. The number of rotatable bonds is 1. The minimum absolute atomic E-state index is 0. The van der Waals surface area contributed by atoms with E-state index >= 15 is 0 Å². The maximum atomic E-state index is 3.69. The lowest BCUT2D eigenvalue weighted by molar-refractivity contribution is 1.45. The second-order valence-corrected chi connectivity index (χ2v) is 2.06. The van der Waals surface area contributed by atoms with Crippen LogP contribution in [0.3, 0.4) is 0 Å². The Hall–Kier alpha value is -1.04. The van der Waals surface area contributed by atoms with E-state index < -0.39 is 0 Å². The summed E-state index contributed by atoms with van der Waals surface area (Å²) in [5, 5.41) is 0. The molecule has 10 heavy (non-hydrogen) atoms. The van der Waals surface area contributed by atoms with Gasteiger partial charge in [-0.15, -0.1) is 0 Å². The quantitative estimate of drug-likeness (QED) is 0.553. The summed E-state index contributed by atoms with van der Waals surface area (Å²) < 4.78 is 0. The smallest absolute Gasteiger partial charge is 0.0233 e. The van der Waals surface area contributed by atoms with Gasteiger partial charge in [-0.25, -0.2) is 0 Å². The van der Waals surface area contributed by atoms with Gasteiger partial charge >= 0.3 is 0 Å². The van der Waals surface area contributed by atoms with E-state index in [-0.39, 0.29) is 7.43 Å². The van der Waals surface area contributed by atoms with Gasteiger partial charge in [0, 0.05) is 0 Å². The highest BCUT2D eigenvalue weighted by atomic mass is 13.9. The lowest BCUT2D eigenvalue weighted by Gasteiger charge is -1.95. The fourth-order valence-corrected chi connectivity index (χ4v) is 0.816. The first kappa shape index (κ1) is 8.96. The largest absolute Gasteiger partial charge is 0.0985 e. The monoisotopic (exact) mass is 134 g/mol. The molecule has 0 N–H and O–H groups in total. The van der Waals surface area contributed by atoms with Crippen LogP contribution in [0.5, 0.6) is 0 Å². The molecule has 0 aliphatic rings. The van der Waals surface area contributed by atoms with Crippen LogP contribution in [0, 0.1) is 6.92 Å². The Kier molecular flexibility index (Phi) is 3.48. The summed E-state index contributed by atoms with van der Waals surface area (Å²) in [5.41, 5.74) is 2.50. The van der Waals surface area contributed by atoms with Crippen molar-refractivity contribution in [3.63, 3.8) is 0 Å². The molecule has 1 rings (SSSR count). The number of aryl methyl sites for hydroxylation is 1. The molecule has 0 spiro atoms. The zero-order valence-corrected chi connectivity index (χ0v) is 5.59. The Morgan fingerprint density at radius 3 is 2.30 bits per heavy atom. The lowest BCUT2D eigenvalue weighted by Crippen LogP contribution is -1.75. The standard InChI is InChI=1S/C9H10.CH4/c1-3-9-7-5-4-6-8(9)2;/h3-7H,1H2,2H3;1H4. The van der Waals surface area contributed by atoms with E-state index in [1.165, 1.54) is 11.1 Å². The summed E-state index contributed by atoms with van der Waals surface area (Å²) in [4.78, 5) is 0. The van der Waals surface area contributed by atoms with Crippen molar-refractivity contribution in [3.8, 4) is 0 Å². The van der Waals surface area contributed by atoms with Crippen molar-refractivity contribution in [2.45, 2.75) is 14.4 Å². The Balaban J connectivity index is 0.000000810. The number of hydrogen-bond donors (Lipinski definition) is 0. The molecule has 0 amide bonds. The van der Waals surface area contributed by atoms with Crippen LogP contribution in [0.15, 0.2) is 30.8 Å². The highest BCUT2D eigenvalue weighted by Gasteiger charge is 1.86. The van der Waals surface area contributed by atoms with Gasteiger partial charge < -0.3 is 0 Å². The zero-order chi connectivity index (χ0) is 6.69. The Labute approximate surface area is 63.2 Å². The topological polar surface area (TPSA) is 0 Å². The molecule has 0 radical (unpaired) electrons. The van der Waals surface area contributed by atoms with Crippen molar-refractivity contribution in [3.05, 3.63) is 42.0 Å². The van der Waals surface area contributed by atoms with Gasteiger partial charge in [0.05, 0.1) is 0 Å². The molecule has 0 aliphatic heterocycles. The van der Waals surface area contributed by atoms with Crippen LogP contribution in [0.1, 0.15) is 18.6 Å². The average molecular weight is 134 g/mol. The van der Waals surface area contributed by atoms with Crippen LogP contribution in [-0.4, -0.2) is 0 Å². The van der Waals surface area contributed by atoms with Crippen LogP contribution in [0.25, 0.3) is 6.08 Å². The summed E-state index contributed by atoms with van der Waals surface area (Å²) in [7, 11) is 0. The molecular weight excluding hydrogens is 120 g/mol. The molecule has 0 saturated carbocycles. The highest BCUT2D eigenvalue weighted by molar-refractivity contribution is 5.50. The van der Waals surface area contributed by atoms with Crippen molar-refractivity contribution < 1.29 is 0 Å². The van der Waals surface area contributed by atoms with Crippen LogP contribution < -0.4 is 0 Å². The Bertz CT molecular complexity index is 211. The number of hydrogen-bond acceptors (Lipinski definition) is 0. The van der Waals surface area contributed by atoms with Crippen molar-refractivity contribution in [1.29, 1.82) is 0 Å². The van der Waals surface area contributed by atoms with Gasteiger partial charge in [0.25, 0.3) is 0 Å². The third kappa shape index (κ3) is 1.73. The second-order valence-electron chi connectivity index (χ2n) is 2.06. The van der Waals surface area contributed by atoms with E-state index in [2.05, 4.69) is 25.6 Å². The summed E-state index contributed by atoms with van der Waals surface area (Å²) in [6, 6.07) is 8.19. The average Bonchev–Trinajstić information content (AvgIpc) is 1.89. The molecule has 0 bridgehead atoms. The van der Waals surface area contributed by atoms with Crippen LogP contribution >= 0.6 is 0 Å². The molecule has 0 unspecified atom stereocenters. The minimum atomic E-state index is 0. The Morgan fingerprint density at radius 1 is 1.30 bits per heavy atom. The summed E-state index contributed by atoms with van der Waals surface area (Å²) in [6.07, 6.45) is 1.87. The zero-order valence-electron chi connectivity index (χ0n) is 5.59. The van der Waals surface area contributed by atoms with E-state index in [1.807, 2.05) is 18.2 Å². The summed E-state index contributed by atoms with van der Waals surface area (Å²) in [5.74, 6) is 0. The van der Waals surface area contributed by atoms with E-state index in [0.29, 0.717) is 0 Å². The van der Waals surface area contributed by atoms with Crippen molar-refractivity contribution in [2.75, 3.05) is 0 Å². The molecule has 0 saturated heterocycles. The summed E-state index contributed by atoms with van der Waals surface area (Å²) >= 11 is 0. The third-order valence-electron chi connectivity index (χ3n) is 1.41. The predicted octanol–water partition coefficient (Wildman–Crippen LogP) is 3.27. The van der Waals surface area contributed by atoms with Crippen molar-refractivity contribution in [1.82, 2.24) is 0 Å². The van der Waals surface area contributed by atoms with E-state index in [9.17, 15) is 0 Å². The first-order valence-corrected chi connectivity index (χ1v) is 3.02. The molecule has 0 heteroatoms. The van der Waals surface area contributed by atoms with E-state index in [1.54, 1.807) is 0 Å². The third-order valence-corrected chi connectivity index (χ3v) is 1.41. The fourth-order valence-electron chi connectivity index (χ4n) is 0.816. The maximum absolute atomic E-state index is 3.69. The van der Waals surface area contributed by atoms with Crippen LogP contribution in [0.4, 0.5) is 0 Å². The normalized spacial score (nSPS) is 8.10. The molecule has 0 nitrogen and oxygen atoms in total. The molecule has 0 fully saturated rings. The SMILES string of the molecule is C.C=Cc1ccccc1C. The molecule has 1 aromatic rings.